The Bertz CT molecular complexity index is 566. The molecule has 1 amide bonds. The number of carbonyl (C=O) groups is 1. The Labute approximate surface area is 148 Å². The van der Waals surface area contributed by atoms with Gasteiger partial charge >= 0.3 is 0 Å². The number of nitrogens with two attached hydrogens (primary N) is 1. The van der Waals surface area contributed by atoms with Crippen molar-refractivity contribution in [2.45, 2.75) is 23.0 Å². The number of unbranched alkanes of at least 4 members (excludes halogenated alkanes) is 1. The van der Waals surface area contributed by atoms with Crippen LogP contribution >= 0.6 is 24.2 Å². The van der Waals surface area contributed by atoms with E-state index in [1.807, 2.05) is 60.7 Å². The number of hydrogen-bond donors (Lipinski definition) is 2. The number of halogens is 1. The monoisotopic (exact) mass is 350 g/mol. The van der Waals surface area contributed by atoms with Crippen molar-refractivity contribution in [1.29, 1.82) is 0 Å². The summed E-state index contributed by atoms with van der Waals surface area (Å²) in [7, 11) is 0. The summed E-state index contributed by atoms with van der Waals surface area (Å²) in [5.74, 6) is 0.0528. The number of nitrogens with one attached hydrogen (secondary N) is 1. The minimum absolute atomic E-state index is 0. The van der Waals surface area contributed by atoms with Crippen molar-refractivity contribution in [2.75, 3.05) is 13.1 Å². The molecule has 2 aromatic rings. The quantitative estimate of drug-likeness (QED) is 0.562. The summed E-state index contributed by atoms with van der Waals surface area (Å²) in [5, 5.41) is 2.79. The molecule has 0 spiro atoms. The van der Waals surface area contributed by atoms with Crippen molar-refractivity contribution < 1.29 is 4.79 Å². The summed E-state index contributed by atoms with van der Waals surface area (Å²) in [6, 6.07) is 19.9. The fourth-order valence-electron chi connectivity index (χ4n) is 2.11. The average Bonchev–Trinajstić information content (AvgIpc) is 2.58. The van der Waals surface area contributed by atoms with E-state index in [-0.39, 0.29) is 23.6 Å². The number of rotatable bonds is 8. The predicted octanol–water partition coefficient (Wildman–Crippen LogP) is 3.80. The van der Waals surface area contributed by atoms with Crippen molar-refractivity contribution in [3.63, 3.8) is 0 Å². The van der Waals surface area contributed by atoms with Gasteiger partial charge in [-0.15, -0.1) is 24.2 Å². The fraction of sp³-hybridized carbons (Fsp3) is 0.278. The first-order valence-corrected chi connectivity index (χ1v) is 8.43. The van der Waals surface area contributed by atoms with Crippen LogP contribution in [0, 0.1) is 0 Å². The molecule has 0 bridgehead atoms. The highest BCUT2D eigenvalue weighted by Gasteiger charge is 2.21. The topological polar surface area (TPSA) is 55.1 Å². The molecule has 0 aliphatic heterocycles. The lowest BCUT2D eigenvalue weighted by Crippen LogP contribution is -2.29. The summed E-state index contributed by atoms with van der Waals surface area (Å²) >= 11 is 1.58. The van der Waals surface area contributed by atoms with Crippen molar-refractivity contribution >= 4 is 30.1 Å². The van der Waals surface area contributed by atoms with Gasteiger partial charge in [0.1, 0.15) is 5.25 Å². The van der Waals surface area contributed by atoms with E-state index in [0.29, 0.717) is 13.1 Å². The zero-order valence-corrected chi connectivity index (χ0v) is 14.6. The number of amides is 1. The Morgan fingerprint density at radius 3 is 2.22 bits per heavy atom. The first-order valence-electron chi connectivity index (χ1n) is 7.55. The molecular formula is C18H23ClN2OS. The number of thioether (sulfide) groups is 1. The van der Waals surface area contributed by atoms with Gasteiger partial charge in [0.05, 0.1) is 0 Å². The largest absolute Gasteiger partial charge is 0.355 e. The summed E-state index contributed by atoms with van der Waals surface area (Å²) in [4.78, 5) is 13.6. The van der Waals surface area contributed by atoms with E-state index >= 15 is 0 Å². The van der Waals surface area contributed by atoms with Gasteiger partial charge in [0.25, 0.3) is 0 Å². The molecule has 0 radical (unpaired) electrons. The number of hydrogen-bond acceptors (Lipinski definition) is 3. The molecule has 3 nitrogen and oxygen atoms in total. The summed E-state index contributed by atoms with van der Waals surface area (Å²) in [6.07, 6.45) is 1.85. The SMILES string of the molecule is Cl.NCCCCNC(=O)C(Sc1ccccc1)c1ccccc1. The maximum absolute atomic E-state index is 12.5. The zero-order chi connectivity index (χ0) is 15.6. The van der Waals surface area contributed by atoms with E-state index in [4.69, 9.17) is 5.73 Å². The Hall–Kier alpha value is -1.49. The normalized spacial score (nSPS) is 11.3. The molecule has 5 heteroatoms. The first-order chi connectivity index (χ1) is 10.8. The number of carbonyl (C=O) groups excluding carboxylic acids is 1. The van der Waals surface area contributed by atoms with Gasteiger partial charge in [0.2, 0.25) is 5.91 Å². The van der Waals surface area contributed by atoms with E-state index in [2.05, 4.69) is 5.32 Å². The lowest BCUT2D eigenvalue weighted by Gasteiger charge is -2.17. The molecule has 0 heterocycles. The molecule has 23 heavy (non-hydrogen) atoms. The zero-order valence-electron chi connectivity index (χ0n) is 13.0. The Morgan fingerprint density at radius 2 is 1.61 bits per heavy atom. The third-order valence-electron chi connectivity index (χ3n) is 3.27. The maximum atomic E-state index is 12.5. The molecule has 1 atom stereocenters. The van der Waals surface area contributed by atoms with Gasteiger partial charge in [-0.05, 0) is 37.1 Å². The van der Waals surface area contributed by atoms with Crippen LogP contribution in [0.2, 0.25) is 0 Å². The molecule has 1 unspecified atom stereocenters. The van der Waals surface area contributed by atoms with Crippen LogP contribution in [-0.4, -0.2) is 19.0 Å². The highest BCUT2D eigenvalue weighted by Crippen LogP contribution is 2.35. The molecule has 124 valence electrons. The summed E-state index contributed by atoms with van der Waals surface area (Å²) in [5.41, 5.74) is 6.50. The van der Waals surface area contributed by atoms with Gasteiger partial charge in [-0.2, -0.15) is 0 Å². The minimum Gasteiger partial charge on any atom is -0.355 e. The predicted molar refractivity (Wildman–Crippen MR) is 100 cm³/mol. The second-order valence-electron chi connectivity index (χ2n) is 5.01. The lowest BCUT2D eigenvalue weighted by molar-refractivity contribution is -0.120. The third kappa shape index (κ3) is 6.65. The standard InChI is InChI=1S/C18H22N2OS.ClH/c19-13-7-8-14-20-18(21)17(15-9-3-1-4-10-15)22-16-11-5-2-6-12-16;/h1-6,9-12,17H,7-8,13-14,19H2,(H,20,21);1H. The van der Waals surface area contributed by atoms with Gasteiger partial charge in [-0.1, -0.05) is 48.5 Å². The lowest BCUT2D eigenvalue weighted by atomic mass is 10.1. The van der Waals surface area contributed by atoms with E-state index in [1.165, 1.54) is 0 Å². The Kier molecular flexibility index (Phi) is 9.45. The van der Waals surface area contributed by atoms with E-state index in [9.17, 15) is 4.79 Å². The van der Waals surface area contributed by atoms with Gasteiger partial charge in [-0.25, -0.2) is 0 Å². The smallest absolute Gasteiger partial charge is 0.237 e. The van der Waals surface area contributed by atoms with Gasteiger partial charge in [0, 0.05) is 11.4 Å². The average molecular weight is 351 g/mol. The summed E-state index contributed by atoms with van der Waals surface area (Å²) in [6.45, 7) is 1.34. The van der Waals surface area contributed by atoms with Crippen LogP contribution in [-0.2, 0) is 4.79 Å². The van der Waals surface area contributed by atoms with Crippen LogP contribution in [0.5, 0.6) is 0 Å². The van der Waals surface area contributed by atoms with Crippen LogP contribution in [0.25, 0.3) is 0 Å². The highest BCUT2D eigenvalue weighted by atomic mass is 35.5. The van der Waals surface area contributed by atoms with Gasteiger partial charge in [-0.3, -0.25) is 4.79 Å². The highest BCUT2D eigenvalue weighted by molar-refractivity contribution is 8.00. The fourth-order valence-corrected chi connectivity index (χ4v) is 3.18. The molecule has 2 aromatic carbocycles. The van der Waals surface area contributed by atoms with Crippen LogP contribution in [0.4, 0.5) is 0 Å². The molecule has 0 fully saturated rings. The van der Waals surface area contributed by atoms with E-state index < -0.39 is 0 Å². The van der Waals surface area contributed by atoms with Crippen LogP contribution < -0.4 is 11.1 Å². The first kappa shape index (κ1) is 19.6. The second kappa shape index (κ2) is 11.1. The third-order valence-corrected chi connectivity index (χ3v) is 4.53. The molecule has 2 rings (SSSR count). The van der Waals surface area contributed by atoms with Crippen molar-refractivity contribution in [1.82, 2.24) is 5.32 Å². The molecule has 0 saturated carbocycles. The molecule has 0 aliphatic rings. The van der Waals surface area contributed by atoms with Gasteiger partial charge in [0.15, 0.2) is 0 Å². The molecule has 0 aromatic heterocycles. The van der Waals surface area contributed by atoms with E-state index in [0.717, 1.165) is 23.3 Å². The second-order valence-corrected chi connectivity index (χ2v) is 6.19. The van der Waals surface area contributed by atoms with Crippen LogP contribution in [0.1, 0.15) is 23.7 Å². The van der Waals surface area contributed by atoms with Crippen molar-refractivity contribution in [3.8, 4) is 0 Å². The van der Waals surface area contributed by atoms with Crippen LogP contribution in [0.3, 0.4) is 0 Å². The molecule has 0 aliphatic carbocycles. The Balaban J connectivity index is 0.00000264. The molecule has 3 N–H and O–H groups in total. The Morgan fingerprint density at radius 1 is 1.00 bits per heavy atom. The summed E-state index contributed by atoms with van der Waals surface area (Å²) < 4.78 is 0. The minimum atomic E-state index is -0.235. The van der Waals surface area contributed by atoms with Crippen molar-refractivity contribution in [3.05, 3.63) is 66.2 Å². The molecule has 0 saturated heterocycles. The molecular weight excluding hydrogens is 328 g/mol. The van der Waals surface area contributed by atoms with Crippen LogP contribution in [0.15, 0.2) is 65.6 Å². The van der Waals surface area contributed by atoms with Gasteiger partial charge < -0.3 is 11.1 Å². The maximum Gasteiger partial charge on any atom is 0.237 e. The van der Waals surface area contributed by atoms with Crippen molar-refractivity contribution in [2.24, 2.45) is 5.73 Å². The number of benzene rings is 2. The van der Waals surface area contributed by atoms with E-state index in [1.54, 1.807) is 11.8 Å².